The minimum Gasteiger partial charge on any atom is -0.435 e. The molecule has 1 aromatic carbocycles. The lowest BCUT2D eigenvalue weighted by atomic mass is 9.80. The van der Waals surface area contributed by atoms with Gasteiger partial charge in [0.2, 0.25) is 0 Å². The van der Waals surface area contributed by atoms with E-state index in [0.29, 0.717) is 0 Å². The minimum atomic E-state index is -3.35. The number of halogens is 2. The van der Waals surface area contributed by atoms with E-state index in [0.717, 1.165) is 0 Å². The highest BCUT2D eigenvalue weighted by Crippen LogP contribution is 2.43. The van der Waals surface area contributed by atoms with Gasteiger partial charge in [-0.1, -0.05) is 12.1 Å². The van der Waals surface area contributed by atoms with E-state index in [2.05, 4.69) is 4.74 Å². The van der Waals surface area contributed by atoms with E-state index in [1.54, 1.807) is 0 Å². The van der Waals surface area contributed by atoms with Gasteiger partial charge in [0, 0.05) is 0 Å². The topological polar surface area (TPSA) is 87.4 Å². The van der Waals surface area contributed by atoms with Crippen LogP contribution in [0.4, 0.5) is 8.78 Å². The summed E-state index contributed by atoms with van der Waals surface area (Å²) in [4.78, 5) is 0. The molecule has 0 saturated carbocycles. The van der Waals surface area contributed by atoms with Crippen molar-refractivity contribution >= 4 is 9.84 Å². The van der Waals surface area contributed by atoms with Crippen LogP contribution in [0.15, 0.2) is 24.3 Å². The quantitative estimate of drug-likeness (QED) is 0.912. The van der Waals surface area contributed by atoms with Crippen LogP contribution in [-0.4, -0.2) is 31.6 Å². The molecule has 1 N–H and O–H groups in total. The van der Waals surface area contributed by atoms with Crippen LogP contribution < -0.4 is 4.74 Å². The van der Waals surface area contributed by atoms with Crippen molar-refractivity contribution in [1.29, 1.82) is 5.26 Å². The summed E-state index contributed by atoms with van der Waals surface area (Å²) in [5.74, 6) is -0.636. The Labute approximate surface area is 120 Å². The number of alkyl halides is 2. The Bertz CT molecular complexity index is 654. The monoisotopic (exact) mass is 317 g/mol. The van der Waals surface area contributed by atoms with Crippen molar-refractivity contribution in [3.8, 4) is 11.8 Å². The van der Waals surface area contributed by atoms with Gasteiger partial charge in [0.15, 0.2) is 9.84 Å². The number of nitrogens with zero attached hydrogens (tertiary/aromatic N) is 1. The molecule has 2 unspecified atom stereocenters. The van der Waals surface area contributed by atoms with Gasteiger partial charge in [-0.05, 0) is 24.1 Å². The molecule has 1 aliphatic heterocycles. The lowest BCUT2D eigenvalue weighted by Gasteiger charge is -2.26. The second-order valence-corrected chi connectivity index (χ2v) is 7.14. The van der Waals surface area contributed by atoms with E-state index < -0.39 is 33.7 Å². The van der Waals surface area contributed by atoms with Gasteiger partial charge in [-0.15, -0.1) is 0 Å². The van der Waals surface area contributed by atoms with Gasteiger partial charge in [0.25, 0.3) is 0 Å². The number of rotatable bonds is 4. The predicted octanol–water partition coefficient (Wildman–Crippen LogP) is 1.65. The van der Waals surface area contributed by atoms with Crippen molar-refractivity contribution in [2.75, 3.05) is 11.5 Å². The molecule has 0 amide bonds. The van der Waals surface area contributed by atoms with Gasteiger partial charge in [-0.25, -0.2) is 8.42 Å². The molecule has 8 heteroatoms. The standard InChI is InChI=1S/C13H13F2NO4S/c14-12(15)20-10-3-1-9(2-4-10)11(17)13(7-16)5-6-21(18,19)8-13/h1-4,11-12,17H,5-6,8H2. The number of hydrogen-bond acceptors (Lipinski definition) is 5. The predicted molar refractivity (Wildman–Crippen MR) is 69.4 cm³/mol. The fraction of sp³-hybridized carbons (Fsp3) is 0.462. The number of benzene rings is 1. The van der Waals surface area contributed by atoms with Gasteiger partial charge in [-0.3, -0.25) is 0 Å². The molecule has 0 bridgehead atoms. The van der Waals surface area contributed by atoms with Crippen molar-refractivity contribution in [3.63, 3.8) is 0 Å². The van der Waals surface area contributed by atoms with Crippen molar-refractivity contribution in [2.24, 2.45) is 5.41 Å². The Kier molecular flexibility index (Phi) is 4.16. The van der Waals surface area contributed by atoms with Crippen molar-refractivity contribution in [2.45, 2.75) is 19.1 Å². The summed E-state index contributed by atoms with van der Waals surface area (Å²) in [5.41, 5.74) is -1.11. The van der Waals surface area contributed by atoms with E-state index in [9.17, 15) is 27.6 Å². The normalized spacial score (nSPS) is 25.5. The number of aliphatic hydroxyl groups is 1. The molecule has 1 aliphatic rings. The zero-order valence-electron chi connectivity index (χ0n) is 10.9. The Morgan fingerprint density at radius 1 is 1.33 bits per heavy atom. The van der Waals surface area contributed by atoms with Crippen LogP contribution in [0.1, 0.15) is 18.1 Å². The molecule has 0 radical (unpaired) electrons. The number of nitriles is 1. The number of hydrogen-bond donors (Lipinski definition) is 1. The Morgan fingerprint density at radius 3 is 2.38 bits per heavy atom. The zero-order valence-corrected chi connectivity index (χ0v) is 11.7. The minimum absolute atomic E-state index is 0.0439. The average molecular weight is 317 g/mol. The molecule has 5 nitrogen and oxygen atoms in total. The average Bonchev–Trinajstić information content (AvgIpc) is 2.75. The molecular weight excluding hydrogens is 304 g/mol. The third-order valence-electron chi connectivity index (χ3n) is 3.50. The van der Waals surface area contributed by atoms with Gasteiger partial charge in [0.1, 0.15) is 11.2 Å². The lowest BCUT2D eigenvalue weighted by Crippen LogP contribution is -2.28. The molecule has 1 fully saturated rings. The van der Waals surface area contributed by atoms with Crippen LogP contribution in [-0.2, 0) is 9.84 Å². The summed E-state index contributed by atoms with van der Waals surface area (Å²) in [7, 11) is -3.35. The maximum atomic E-state index is 12.0. The summed E-state index contributed by atoms with van der Waals surface area (Å²) < 4.78 is 51.4. The molecule has 0 spiro atoms. The summed E-state index contributed by atoms with van der Waals surface area (Å²) in [6.07, 6.45) is -1.26. The smallest absolute Gasteiger partial charge is 0.387 e. The Balaban J connectivity index is 2.23. The highest BCUT2D eigenvalue weighted by molar-refractivity contribution is 7.91. The SMILES string of the molecule is N#CC1(C(O)c2ccc(OC(F)F)cc2)CCS(=O)(=O)C1. The van der Waals surface area contributed by atoms with Crippen LogP contribution in [0.5, 0.6) is 5.75 Å². The maximum absolute atomic E-state index is 12.0. The number of aliphatic hydroxyl groups excluding tert-OH is 1. The second kappa shape index (κ2) is 5.58. The fourth-order valence-corrected chi connectivity index (χ4v) is 4.36. The third kappa shape index (κ3) is 3.31. The van der Waals surface area contributed by atoms with E-state index in [1.165, 1.54) is 24.3 Å². The summed E-state index contributed by atoms with van der Waals surface area (Å²) >= 11 is 0. The third-order valence-corrected chi connectivity index (χ3v) is 5.28. The molecule has 0 aliphatic carbocycles. The molecule has 21 heavy (non-hydrogen) atoms. The molecule has 1 saturated heterocycles. The van der Waals surface area contributed by atoms with Crippen LogP contribution >= 0.6 is 0 Å². The summed E-state index contributed by atoms with van der Waals surface area (Å²) in [6.45, 7) is -2.95. The van der Waals surface area contributed by atoms with E-state index in [4.69, 9.17) is 0 Å². The largest absolute Gasteiger partial charge is 0.435 e. The fourth-order valence-electron chi connectivity index (χ4n) is 2.39. The molecule has 1 heterocycles. The summed E-state index contributed by atoms with van der Waals surface area (Å²) in [6, 6.07) is 7.05. The molecule has 0 aromatic heterocycles. The molecule has 114 valence electrons. The first kappa shape index (κ1) is 15.7. The van der Waals surface area contributed by atoms with Gasteiger partial charge in [-0.2, -0.15) is 14.0 Å². The van der Waals surface area contributed by atoms with E-state index >= 15 is 0 Å². The van der Waals surface area contributed by atoms with Gasteiger partial charge < -0.3 is 9.84 Å². The van der Waals surface area contributed by atoms with Crippen LogP contribution in [0.3, 0.4) is 0 Å². The highest BCUT2D eigenvalue weighted by atomic mass is 32.2. The molecular formula is C13H13F2NO4S. The molecule has 2 atom stereocenters. The lowest BCUT2D eigenvalue weighted by molar-refractivity contribution is -0.0498. The number of ether oxygens (including phenoxy) is 1. The second-order valence-electron chi connectivity index (χ2n) is 4.96. The first-order valence-electron chi connectivity index (χ1n) is 6.12. The van der Waals surface area contributed by atoms with Crippen molar-refractivity contribution in [3.05, 3.63) is 29.8 Å². The van der Waals surface area contributed by atoms with E-state index in [-0.39, 0.29) is 23.5 Å². The molecule has 2 rings (SSSR count). The maximum Gasteiger partial charge on any atom is 0.387 e. The Hall–Kier alpha value is -1.72. The molecule has 1 aromatic rings. The Morgan fingerprint density at radius 2 is 1.95 bits per heavy atom. The van der Waals surface area contributed by atoms with Gasteiger partial charge >= 0.3 is 6.61 Å². The van der Waals surface area contributed by atoms with Crippen LogP contribution in [0, 0.1) is 16.7 Å². The van der Waals surface area contributed by atoms with Gasteiger partial charge in [0.05, 0.1) is 23.7 Å². The van der Waals surface area contributed by atoms with Crippen molar-refractivity contribution in [1.82, 2.24) is 0 Å². The first-order chi connectivity index (χ1) is 9.78. The summed E-state index contributed by atoms with van der Waals surface area (Å²) in [5, 5.41) is 19.6. The zero-order chi connectivity index (χ0) is 15.7. The number of sulfone groups is 1. The van der Waals surface area contributed by atoms with Crippen LogP contribution in [0.25, 0.3) is 0 Å². The van der Waals surface area contributed by atoms with Crippen molar-refractivity contribution < 1.29 is 27.0 Å². The van der Waals surface area contributed by atoms with E-state index in [1.807, 2.05) is 6.07 Å². The highest BCUT2D eigenvalue weighted by Gasteiger charge is 2.48. The first-order valence-corrected chi connectivity index (χ1v) is 7.95. The van der Waals surface area contributed by atoms with Crippen LogP contribution in [0.2, 0.25) is 0 Å².